The van der Waals surface area contributed by atoms with Crippen LogP contribution in [0.4, 0.5) is 0 Å². The third kappa shape index (κ3) is 4.32. The fourth-order valence-electron chi connectivity index (χ4n) is 3.12. The fraction of sp³-hybridized carbons (Fsp3) is 0.471. The van der Waals surface area contributed by atoms with Crippen molar-refractivity contribution < 1.29 is 17.9 Å². The first-order valence-electron chi connectivity index (χ1n) is 8.19. The van der Waals surface area contributed by atoms with E-state index in [1.165, 1.54) is 0 Å². The van der Waals surface area contributed by atoms with Crippen LogP contribution < -0.4 is 10.1 Å². The topological polar surface area (TPSA) is 91.5 Å². The maximum absolute atomic E-state index is 12.1. The van der Waals surface area contributed by atoms with Crippen molar-refractivity contribution in [1.82, 2.24) is 15.2 Å². The number of nitrogens with one attached hydrogen (secondary N) is 2. The maximum Gasteiger partial charge on any atom is 0.234 e. The van der Waals surface area contributed by atoms with Gasteiger partial charge in [-0.25, -0.2) is 8.42 Å². The van der Waals surface area contributed by atoms with Crippen LogP contribution in [-0.2, 0) is 21.2 Å². The van der Waals surface area contributed by atoms with E-state index in [2.05, 4.69) is 10.3 Å². The summed E-state index contributed by atoms with van der Waals surface area (Å²) in [6, 6.07) is 7.66. The van der Waals surface area contributed by atoms with E-state index < -0.39 is 9.84 Å². The minimum absolute atomic E-state index is 0.0729. The predicted octanol–water partition coefficient (Wildman–Crippen LogP) is 0.912. The molecule has 25 heavy (non-hydrogen) atoms. The van der Waals surface area contributed by atoms with E-state index in [1.54, 1.807) is 14.2 Å². The number of carbonyl (C=O) groups is 1. The zero-order valence-corrected chi connectivity index (χ0v) is 15.2. The molecule has 1 saturated heterocycles. The average Bonchev–Trinajstić information content (AvgIpc) is 3.14. The number of likely N-dealkylation sites (N-methyl/N-ethyl adjacent to an activating group) is 1. The van der Waals surface area contributed by atoms with Crippen molar-refractivity contribution in [3.8, 4) is 5.75 Å². The quantitative estimate of drug-likeness (QED) is 0.794. The largest absolute Gasteiger partial charge is 0.497 e. The lowest BCUT2D eigenvalue weighted by molar-refractivity contribution is -0.122. The molecule has 7 nitrogen and oxygen atoms in total. The highest BCUT2D eigenvalue weighted by atomic mass is 32.2. The van der Waals surface area contributed by atoms with Crippen LogP contribution >= 0.6 is 0 Å². The number of ether oxygens (including phenoxy) is 1. The molecule has 2 aromatic rings. The van der Waals surface area contributed by atoms with Crippen molar-refractivity contribution in [1.29, 1.82) is 0 Å². The molecule has 136 valence electrons. The second-order valence-corrected chi connectivity index (χ2v) is 8.73. The molecule has 1 amide bonds. The van der Waals surface area contributed by atoms with E-state index in [-0.39, 0.29) is 30.0 Å². The van der Waals surface area contributed by atoms with Crippen molar-refractivity contribution in [2.45, 2.75) is 19.0 Å². The number of aromatic nitrogens is 1. The van der Waals surface area contributed by atoms with Crippen molar-refractivity contribution in [2.24, 2.45) is 0 Å². The van der Waals surface area contributed by atoms with Gasteiger partial charge in [0.15, 0.2) is 9.84 Å². The highest BCUT2D eigenvalue weighted by Crippen LogP contribution is 2.21. The second-order valence-electron chi connectivity index (χ2n) is 6.50. The SMILES string of the molecule is COc1ccc2[nH]c(CNC(=O)CN(C)[C@H]3CCS(=O)(=O)C3)cc2c1. The molecule has 1 aliphatic rings. The minimum Gasteiger partial charge on any atom is -0.497 e. The highest BCUT2D eigenvalue weighted by Gasteiger charge is 2.31. The van der Waals surface area contributed by atoms with E-state index in [4.69, 9.17) is 4.74 Å². The molecule has 3 rings (SSSR count). The lowest BCUT2D eigenvalue weighted by Gasteiger charge is -2.22. The molecular formula is C17H23N3O4S. The number of amides is 1. The molecule has 1 aromatic carbocycles. The van der Waals surface area contributed by atoms with Gasteiger partial charge in [0.05, 0.1) is 31.7 Å². The summed E-state index contributed by atoms with van der Waals surface area (Å²) in [5, 5.41) is 3.90. The molecule has 1 fully saturated rings. The Balaban J connectivity index is 1.53. The summed E-state index contributed by atoms with van der Waals surface area (Å²) in [7, 11) is 0.477. The molecule has 2 N–H and O–H groups in total. The van der Waals surface area contributed by atoms with Crippen molar-refractivity contribution in [3.05, 3.63) is 30.0 Å². The molecule has 1 atom stereocenters. The summed E-state index contributed by atoms with van der Waals surface area (Å²) in [5.74, 6) is 1.02. The first kappa shape index (κ1) is 17.8. The third-order valence-corrected chi connectivity index (χ3v) is 6.33. The van der Waals surface area contributed by atoms with Crippen LogP contribution in [0.5, 0.6) is 5.75 Å². The Bertz CT molecular complexity index is 875. The number of methoxy groups -OCH3 is 1. The van der Waals surface area contributed by atoms with Gasteiger partial charge in [0, 0.05) is 22.6 Å². The number of nitrogens with zero attached hydrogens (tertiary/aromatic N) is 1. The van der Waals surface area contributed by atoms with E-state index >= 15 is 0 Å². The number of rotatable bonds is 6. The first-order chi connectivity index (χ1) is 11.9. The van der Waals surface area contributed by atoms with Crippen LogP contribution in [0.2, 0.25) is 0 Å². The Morgan fingerprint density at radius 1 is 1.40 bits per heavy atom. The minimum atomic E-state index is -2.94. The van der Waals surface area contributed by atoms with E-state index in [1.807, 2.05) is 29.2 Å². The van der Waals surface area contributed by atoms with Crippen LogP contribution in [-0.4, -0.2) is 62.5 Å². The molecule has 1 aliphatic heterocycles. The van der Waals surface area contributed by atoms with Crippen LogP contribution in [0, 0.1) is 0 Å². The number of carbonyl (C=O) groups excluding carboxylic acids is 1. The zero-order chi connectivity index (χ0) is 18.0. The number of fused-ring (bicyclic) bond motifs is 1. The Morgan fingerprint density at radius 2 is 2.20 bits per heavy atom. The van der Waals surface area contributed by atoms with Crippen LogP contribution in [0.1, 0.15) is 12.1 Å². The average molecular weight is 365 g/mol. The summed E-state index contributed by atoms with van der Waals surface area (Å²) >= 11 is 0. The molecule has 0 saturated carbocycles. The second kappa shape index (κ2) is 7.05. The number of hydrogen-bond acceptors (Lipinski definition) is 5. The molecule has 0 bridgehead atoms. The number of H-pyrrole nitrogens is 1. The van der Waals surface area contributed by atoms with Crippen molar-refractivity contribution >= 4 is 26.6 Å². The van der Waals surface area contributed by atoms with Gasteiger partial charge >= 0.3 is 0 Å². The smallest absolute Gasteiger partial charge is 0.234 e. The lowest BCUT2D eigenvalue weighted by Crippen LogP contribution is -2.41. The normalized spacial score (nSPS) is 19.4. The predicted molar refractivity (Wildman–Crippen MR) is 96.4 cm³/mol. The van der Waals surface area contributed by atoms with Crippen LogP contribution in [0.25, 0.3) is 10.9 Å². The van der Waals surface area contributed by atoms with Gasteiger partial charge in [0.25, 0.3) is 0 Å². The summed E-state index contributed by atoms with van der Waals surface area (Å²) in [6.45, 7) is 0.584. The van der Waals surface area contributed by atoms with E-state index in [0.29, 0.717) is 13.0 Å². The molecule has 2 heterocycles. The van der Waals surface area contributed by atoms with Crippen LogP contribution in [0.3, 0.4) is 0 Å². The lowest BCUT2D eigenvalue weighted by atomic mass is 10.2. The number of hydrogen-bond donors (Lipinski definition) is 2. The van der Waals surface area contributed by atoms with Crippen LogP contribution in [0.15, 0.2) is 24.3 Å². The van der Waals surface area contributed by atoms with Gasteiger partial charge in [0.1, 0.15) is 5.75 Å². The van der Waals surface area contributed by atoms with Crippen molar-refractivity contribution in [3.63, 3.8) is 0 Å². The van der Waals surface area contributed by atoms with Gasteiger partial charge in [-0.1, -0.05) is 0 Å². The first-order valence-corrected chi connectivity index (χ1v) is 10.0. The van der Waals surface area contributed by atoms with Gasteiger partial charge in [-0.05, 0) is 37.7 Å². The Kier molecular flexibility index (Phi) is 5.01. The Labute approximate surface area is 147 Å². The number of benzene rings is 1. The molecule has 0 unspecified atom stereocenters. The molecule has 8 heteroatoms. The van der Waals surface area contributed by atoms with Gasteiger partial charge in [-0.3, -0.25) is 9.69 Å². The Hall–Kier alpha value is -2.06. The monoisotopic (exact) mass is 365 g/mol. The highest BCUT2D eigenvalue weighted by molar-refractivity contribution is 7.91. The third-order valence-electron chi connectivity index (χ3n) is 4.58. The number of sulfone groups is 1. The van der Waals surface area contributed by atoms with E-state index in [0.717, 1.165) is 22.3 Å². The summed E-state index contributed by atoms with van der Waals surface area (Å²) in [5.41, 5.74) is 1.89. The molecule has 0 aliphatic carbocycles. The van der Waals surface area contributed by atoms with Gasteiger partial charge in [0.2, 0.25) is 5.91 Å². The molecule has 1 aromatic heterocycles. The standard InChI is InChI=1S/C17H23N3O4S/c1-20(14-5-6-25(22,23)11-14)10-17(21)18-9-13-7-12-8-15(24-2)3-4-16(12)19-13/h3-4,7-8,14,19H,5-6,9-11H2,1-2H3,(H,18,21)/t14-/m0/s1. The molecular weight excluding hydrogens is 342 g/mol. The molecule has 0 spiro atoms. The zero-order valence-electron chi connectivity index (χ0n) is 14.4. The summed E-state index contributed by atoms with van der Waals surface area (Å²) in [4.78, 5) is 17.2. The maximum atomic E-state index is 12.1. The Morgan fingerprint density at radius 3 is 2.88 bits per heavy atom. The van der Waals surface area contributed by atoms with Gasteiger partial charge in [-0.15, -0.1) is 0 Å². The summed E-state index contributed by atoms with van der Waals surface area (Å²) in [6.07, 6.45) is 0.593. The molecule has 0 radical (unpaired) electrons. The van der Waals surface area contributed by atoms with Gasteiger partial charge < -0.3 is 15.0 Å². The number of aromatic amines is 1. The van der Waals surface area contributed by atoms with Crippen molar-refractivity contribution in [2.75, 3.05) is 32.2 Å². The fourth-order valence-corrected chi connectivity index (χ4v) is 4.93. The van der Waals surface area contributed by atoms with Gasteiger partial charge in [-0.2, -0.15) is 0 Å². The summed E-state index contributed by atoms with van der Waals surface area (Å²) < 4.78 is 28.3. The van der Waals surface area contributed by atoms with E-state index in [9.17, 15) is 13.2 Å².